The van der Waals surface area contributed by atoms with Gasteiger partial charge in [0.15, 0.2) is 0 Å². The highest BCUT2D eigenvalue weighted by Gasteiger charge is 2.39. The summed E-state index contributed by atoms with van der Waals surface area (Å²) in [7, 11) is -2.83. The van der Waals surface area contributed by atoms with E-state index in [0.29, 0.717) is 58.4 Å². The van der Waals surface area contributed by atoms with Crippen molar-refractivity contribution in [2.75, 3.05) is 52.7 Å². The topological polar surface area (TPSA) is 149 Å². The maximum absolute atomic E-state index is 12.8. The molecule has 0 rings (SSSR count). The molecular formula is C25H46N4O8Si. The summed E-state index contributed by atoms with van der Waals surface area (Å²) in [6.07, 6.45) is 9.18. The third-order valence-electron chi connectivity index (χ3n) is 5.39. The summed E-state index contributed by atoms with van der Waals surface area (Å²) in [5, 5.41) is 11.2. The zero-order valence-electron chi connectivity index (χ0n) is 23.3. The SMILES string of the molecule is CCO[Si](CCCOC(=O)N(CCCCCCOC#N)C(=O)NCCCCCCN=C=O)(OCC)OCC. The van der Waals surface area contributed by atoms with Gasteiger partial charge < -0.3 is 28.1 Å². The number of hydrogen-bond acceptors (Lipinski definition) is 10. The largest absolute Gasteiger partial charge is 0.501 e. The Balaban J connectivity index is 4.74. The van der Waals surface area contributed by atoms with E-state index in [1.54, 1.807) is 6.26 Å². The van der Waals surface area contributed by atoms with E-state index in [-0.39, 0.29) is 13.2 Å². The van der Waals surface area contributed by atoms with E-state index in [2.05, 4.69) is 15.0 Å². The molecule has 0 aliphatic rings. The van der Waals surface area contributed by atoms with Gasteiger partial charge in [-0.15, -0.1) is 0 Å². The number of ether oxygens (including phenoxy) is 2. The molecule has 3 amide bonds. The standard InChI is InChI=1S/C25H46N4O8Si/c1-4-35-38(36-5-2,37-6-3)21-15-20-34-25(32)29(18-13-9-10-14-19-33-22-26)24(31)28-17-12-8-7-11-16-27-23-30/h4-21H2,1-3H3,(H,28,31). The zero-order valence-corrected chi connectivity index (χ0v) is 24.3. The van der Waals surface area contributed by atoms with Crippen molar-refractivity contribution in [2.45, 2.75) is 84.6 Å². The number of hydrogen-bond donors (Lipinski definition) is 1. The summed E-state index contributed by atoms with van der Waals surface area (Å²) in [5.74, 6) is 0. The van der Waals surface area contributed by atoms with Gasteiger partial charge in [-0.05, 0) is 59.3 Å². The predicted octanol–water partition coefficient (Wildman–Crippen LogP) is 4.53. The lowest BCUT2D eigenvalue weighted by molar-refractivity contribution is 0.0667. The average molecular weight is 559 g/mol. The highest BCUT2D eigenvalue weighted by atomic mass is 28.4. The number of urea groups is 1. The van der Waals surface area contributed by atoms with Crippen molar-refractivity contribution in [1.29, 1.82) is 5.26 Å². The number of amides is 3. The average Bonchev–Trinajstić information content (AvgIpc) is 2.90. The van der Waals surface area contributed by atoms with E-state index in [1.807, 2.05) is 20.8 Å². The van der Waals surface area contributed by atoms with Crippen molar-refractivity contribution in [1.82, 2.24) is 10.2 Å². The summed E-state index contributed by atoms with van der Waals surface area (Å²) in [5.41, 5.74) is 0. The van der Waals surface area contributed by atoms with Gasteiger partial charge in [-0.2, -0.15) is 5.26 Å². The Morgan fingerprint density at radius 1 is 0.868 bits per heavy atom. The van der Waals surface area contributed by atoms with E-state index in [0.717, 1.165) is 49.8 Å². The van der Waals surface area contributed by atoms with Crippen LogP contribution in [0.25, 0.3) is 0 Å². The monoisotopic (exact) mass is 558 g/mol. The molecule has 0 saturated carbocycles. The molecule has 0 aliphatic carbocycles. The van der Waals surface area contributed by atoms with Crippen molar-refractivity contribution in [3.05, 3.63) is 0 Å². The Bertz CT molecular complexity index is 699. The molecule has 0 aliphatic heterocycles. The number of aliphatic imine (C=N–C) groups is 1. The van der Waals surface area contributed by atoms with Gasteiger partial charge in [0.2, 0.25) is 6.08 Å². The Kier molecular flexibility index (Phi) is 23.2. The van der Waals surface area contributed by atoms with Crippen LogP contribution in [-0.2, 0) is 27.5 Å². The summed E-state index contributed by atoms with van der Waals surface area (Å²) < 4.78 is 27.6. The van der Waals surface area contributed by atoms with Crippen molar-refractivity contribution in [2.24, 2.45) is 4.99 Å². The highest BCUT2D eigenvalue weighted by molar-refractivity contribution is 6.60. The second-order valence-electron chi connectivity index (χ2n) is 8.32. The predicted molar refractivity (Wildman–Crippen MR) is 143 cm³/mol. The number of imide groups is 1. The number of nitrogens with zero attached hydrogens (tertiary/aromatic N) is 3. The molecule has 0 unspecified atom stereocenters. The molecule has 38 heavy (non-hydrogen) atoms. The van der Waals surface area contributed by atoms with Crippen LogP contribution in [0.4, 0.5) is 9.59 Å². The third kappa shape index (κ3) is 17.9. The minimum atomic E-state index is -2.83. The third-order valence-corrected chi connectivity index (χ3v) is 8.54. The molecule has 0 bridgehead atoms. The van der Waals surface area contributed by atoms with E-state index >= 15 is 0 Å². The van der Waals surface area contributed by atoms with Crippen LogP contribution in [0, 0.1) is 11.5 Å². The quantitative estimate of drug-likeness (QED) is 0.0593. The minimum absolute atomic E-state index is 0.110. The van der Waals surface area contributed by atoms with E-state index in [9.17, 15) is 14.4 Å². The number of nitrogens with one attached hydrogen (secondary N) is 1. The summed E-state index contributed by atoms with van der Waals surface area (Å²) in [4.78, 5) is 40.2. The first-order valence-electron chi connectivity index (χ1n) is 13.7. The van der Waals surface area contributed by atoms with Crippen molar-refractivity contribution < 1.29 is 37.1 Å². The fraction of sp³-hybridized carbons (Fsp3) is 0.840. The molecule has 0 aromatic heterocycles. The summed E-state index contributed by atoms with van der Waals surface area (Å²) in [6.45, 7) is 8.64. The molecule has 0 heterocycles. The van der Waals surface area contributed by atoms with Gasteiger partial charge in [-0.3, -0.25) is 0 Å². The molecule has 1 N–H and O–H groups in total. The minimum Gasteiger partial charge on any atom is -0.449 e. The molecule has 0 aromatic carbocycles. The lowest BCUT2D eigenvalue weighted by atomic mass is 10.2. The summed E-state index contributed by atoms with van der Waals surface area (Å²) >= 11 is 0. The van der Waals surface area contributed by atoms with Crippen LogP contribution in [0.1, 0.15) is 78.6 Å². The number of carbonyl (C=O) groups is 2. The number of nitriles is 1. The molecular weight excluding hydrogens is 512 g/mol. The second kappa shape index (κ2) is 24.8. The smallest absolute Gasteiger partial charge is 0.449 e. The number of rotatable bonds is 24. The Hall–Kier alpha value is -2.49. The molecule has 13 heteroatoms. The van der Waals surface area contributed by atoms with Crippen LogP contribution in [0.15, 0.2) is 4.99 Å². The van der Waals surface area contributed by atoms with E-state index in [4.69, 9.17) is 23.3 Å². The van der Waals surface area contributed by atoms with Crippen LogP contribution >= 0.6 is 0 Å². The Morgan fingerprint density at radius 3 is 2.13 bits per heavy atom. The molecule has 12 nitrogen and oxygen atoms in total. The molecule has 0 fully saturated rings. The fourth-order valence-corrected chi connectivity index (χ4v) is 6.23. The van der Waals surface area contributed by atoms with Crippen molar-refractivity contribution in [3.8, 4) is 6.26 Å². The molecule has 0 saturated heterocycles. The first-order valence-corrected chi connectivity index (χ1v) is 15.6. The van der Waals surface area contributed by atoms with Gasteiger partial charge in [-0.1, -0.05) is 19.3 Å². The number of isocyanates is 1. The normalized spacial score (nSPS) is 10.8. The van der Waals surface area contributed by atoms with Crippen LogP contribution < -0.4 is 5.32 Å². The van der Waals surface area contributed by atoms with Gasteiger partial charge in [0.1, 0.15) is 6.61 Å². The number of carbonyl (C=O) groups excluding carboxylic acids is 3. The van der Waals surface area contributed by atoms with Crippen LogP contribution in [0.5, 0.6) is 0 Å². The van der Waals surface area contributed by atoms with Crippen LogP contribution in [0.2, 0.25) is 6.04 Å². The summed E-state index contributed by atoms with van der Waals surface area (Å²) in [6, 6.07) is 0.0142. The zero-order chi connectivity index (χ0) is 28.3. The molecule has 218 valence electrons. The van der Waals surface area contributed by atoms with Crippen LogP contribution in [0.3, 0.4) is 0 Å². The van der Waals surface area contributed by atoms with Gasteiger partial charge in [-0.25, -0.2) is 24.3 Å². The Morgan fingerprint density at radius 2 is 1.50 bits per heavy atom. The first kappa shape index (κ1) is 35.5. The van der Waals surface area contributed by atoms with E-state index < -0.39 is 20.9 Å². The van der Waals surface area contributed by atoms with Crippen molar-refractivity contribution >= 4 is 27.0 Å². The van der Waals surface area contributed by atoms with E-state index in [1.165, 1.54) is 6.08 Å². The van der Waals surface area contributed by atoms with Gasteiger partial charge in [0, 0.05) is 39.0 Å². The molecule has 0 atom stereocenters. The Labute approximate surface area is 228 Å². The van der Waals surface area contributed by atoms with Crippen molar-refractivity contribution in [3.63, 3.8) is 0 Å². The van der Waals surface area contributed by atoms with Gasteiger partial charge in [0.05, 0.1) is 13.2 Å². The lowest BCUT2D eigenvalue weighted by Crippen LogP contribution is -2.46. The lowest BCUT2D eigenvalue weighted by Gasteiger charge is -2.28. The maximum Gasteiger partial charge on any atom is 0.501 e. The second-order valence-corrected chi connectivity index (χ2v) is 11.1. The van der Waals surface area contributed by atoms with Crippen LogP contribution in [-0.4, -0.2) is 84.6 Å². The first-order chi connectivity index (χ1) is 18.5. The molecule has 0 spiro atoms. The fourth-order valence-electron chi connectivity index (χ4n) is 3.65. The highest BCUT2D eigenvalue weighted by Crippen LogP contribution is 2.18. The van der Waals surface area contributed by atoms with Gasteiger partial charge >= 0.3 is 20.9 Å². The molecule has 0 radical (unpaired) electrons. The molecule has 0 aromatic rings. The maximum atomic E-state index is 12.8. The van der Waals surface area contributed by atoms with Gasteiger partial charge in [0.25, 0.3) is 6.26 Å². The number of unbranched alkanes of at least 4 members (excludes halogenated alkanes) is 6.